The minimum absolute atomic E-state index is 0.0684. The Kier molecular flexibility index (Phi) is 5.04. The second kappa shape index (κ2) is 6.35. The molecule has 0 aromatic heterocycles. The van der Waals surface area contributed by atoms with Crippen LogP contribution in [0.3, 0.4) is 0 Å². The second-order valence-corrected chi connectivity index (χ2v) is 3.70. The van der Waals surface area contributed by atoms with Gasteiger partial charge in [0.25, 0.3) is 0 Å². The zero-order valence-electron chi connectivity index (χ0n) is 9.16. The molecule has 15 heavy (non-hydrogen) atoms. The SMILES string of the molecule is CCCNC(=O)CCN1CC=CC(=O)C1. The maximum absolute atomic E-state index is 11.3. The van der Waals surface area contributed by atoms with Gasteiger partial charge in [-0.15, -0.1) is 0 Å². The van der Waals surface area contributed by atoms with Crippen LogP contribution in [-0.4, -0.2) is 42.8 Å². The van der Waals surface area contributed by atoms with Gasteiger partial charge in [0.2, 0.25) is 5.91 Å². The van der Waals surface area contributed by atoms with Gasteiger partial charge < -0.3 is 5.32 Å². The lowest BCUT2D eigenvalue weighted by atomic mass is 10.2. The fourth-order valence-electron chi connectivity index (χ4n) is 1.45. The number of nitrogens with one attached hydrogen (secondary N) is 1. The first-order valence-corrected chi connectivity index (χ1v) is 5.40. The number of nitrogens with zero attached hydrogens (tertiary/aromatic N) is 1. The predicted octanol–water partition coefficient (Wildman–Crippen LogP) is 0.344. The molecule has 0 bridgehead atoms. The number of ketones is 1. The van der Waals surface area contributed by atoms with E-state index in [-0.39, 0.29) is 11.7 Å². The summed E-state index contributed by atoms with van der Waals surface area (Å²) in [6, 6.07) is 0. The van der Waals surface area contributed by atoms with Gasteiger partial charge >= 0.3 is 0 Å². The van der Waals surface area contributed by atoms with Crippen LogP contribution in [0.1, 0.15) is 19.8 Å². The van der Waals surface area contributed by atoms with Crippen molar-refractivity contribution in [3.63, 3.8) is 0 Å². The van der Waals surface area contributed by atoms with Crippen LogP contribution in [0.5, 0.6) is 0 Å². The second-order valence-electron chi connectivity index (χ2n) is 3.70. The Labute approximate surface area is 90.3 Å². The molecular formula is C11H18N2O2. The summed E-state index contributed by atoms with van der Waals surface area (Å²) in [6.45, 7) is 4.63. The van der Waals surface area contributed by atoms with Crippen molar-refractivity contribution >= 4 is 11.7 Å². The fourth-order valence-corrected chi connectivity index (χ4v) is 1.45. The van der Waals surface area contributed by atoms with Crippen molar-refractivity contribution in [1.82, 2.24) is 10.2 Å². The minimum atomic E-state index is 0.0684. The van der Waals surface area contributed by atoms with Crippen LogP contribution in [-0.2, 0) is 9.59 Å². The van der Waals surface area contributed by atoms with Crippen molar-refractivity contribution in [3.05, 3.63) is 12.2 Å². The summed E-state index contributed by atoms with van der Waals surface area (Å²) in [7, 11) is 0. The molecule has 84 valence electrons. The van der Waals surface area contributed by atoms with Gasteiger partial charge in [-0.05, 0) is 12.5 Å². The van der Waals surface area contributed by atoms with E-state index in [1.807, 2.05) is 17.9 Å². The Bertz CT molecular complexity index is 261. The molecule has 0 fully saturated rings. The average Bonchev–Trinajstić information content (AvgIpc) is 2.23. The summed E-state index contributed by atoms with van der Waals surface area (Å²) in [6.07, 6.45) is 4.88. The number of rotatable bonds is 5. The molecule has 0 spiro atoms. The molecule has 4 heteroatoms. The molecule has 0 saturated heterocycles. The summed E-state index contributed by atoms with van der Waals surface area (Å²) in [5.41, 5.74) is 0. The molecule has 0 radical (unpaired) electrons. The monoisotopic (exact) mass is 210 g/mol. The standard InChI is InChI=1S/C11H18N2O2/c1-2-6-12-11(15)5-8-13-7-3-4-10(14)9-13/h3-4H,2,5-9H2,1H3,(H,12,15). The third-order valence-electron chi connectivity index (χ3n) is 2.27. The molecule has 1 aliphatic heterocycles. The highest BCUT2D eigenvalue weighted by Crippen LogP contribution is 1.99. The van der Waals surface area contributed by atoms with E-state index in [1.165, 1.54) is 0 Å². The number of hydrogen-bond donors (Lipinski definition) is 1. The maximum Gasteiger partial charge on any atom is 0.221 e. The number of amides is 1. The van der Waals surface area contributed by atoms with Crippen molar-refractivity contribution in [2.45, 2.75) is 19.8 Å². The van der Waals surface area contributed by atoms with Crippen molar-refractivity contribution in [2.24, 2.45) is 0 Å². The van der Waals surface area contributed by atoms with Crippen molar-refractivity contribution < 1.29 is 9.59 Å². The first-order chi connectivity index (χ1) is 7.22. The van der Waals surface area contributed by atoms with Gasteiger partial charge in [0.15, 0.2) is 5.78 Å². The minimum Gasteiger partial charge on any atom is -0.356 e. The lowest BCUT2D eigenvalue weighted by Crippen LogP contribution is -2.36. The lowest BCUT2D eigenvalue weighted by Gasteiger charge is -2.21. The molecule has 0 aromatic rings. The van der Waals surface area contributed by atoms with Crippen LogP contribution in [0.25, 0.3) is 0 Å². The number of carbonyl (C=O) groups is 2. The van der Waals surface area contributed by atoms with Gasteiger partial charge in [0, 0.05) is 26.1 Å². The summed E-state index contributed by atoms with van der Waals surface area (Å²) < 4.78 is 0. The normalized spacial score (nSPS) is 16.7. The Morgan fingerprint density at radius 2 is 2.40 bits per heavy atom. The molecule has 4 nitrogen and oxygen atoms in total. The van der Waals surface area contributed by atoms with Gasteiger partial charge in [-0.2, -0.15) is 0 Å². The van der Waals surface area contributed by atoms with E-state index in [9.17, 15) is 9.59 Å². The molecule has 1 heterocycles. The average molecular weight is 210 g/mol. The molecule has 1 N–H and O–H groups in total. The van der Waals surface area contributed by atoms with Gasteiger partial charge in [-0.3, -0.25) is 14.5 Å². The van der Waals surface area contributed by atoms with Gasteiger partial charge in [0.1, 0.15) is 0 Å². The number of carbonyl (C=O) groups excluding carboxylic acids is 2. The molecule has 1 rings (SSSR count). The predicted molar refractivity (Wildman–Crippen MR) is 58.5 cm³/mol. The van der Waals surface area contributed by atoms with Crippen LogP contribution < -0.4 is 5.32 Å². The van der Waals surface area contributed by atoms with E-state index in [0.717, 1.165) is 19.5 Å². The van der Waals surface area contributed by atoms with Crippen LogP contribution in [0, 0.1) is 0 Å². The first-order valence-electron chi connectivity index (χ1n) is 5.40. The molecule has 0 aromatic carbocycles. The summed E-state index contributed by atoms with van der Waals surface area (Å²) in [4.78, 5) is 24.3. The Morgan fingerprint density at radius 1 is 1.60 bits per heavy atom. The molecule has 0 unspecified atom stereocenters. The summed E-state index contributed by atoms with van der Waals surface area (Å²) >= 11 is 0. The Morgan fingerprint density at radius 3 is 3.07 bits per heavy atom. The quantitative estimate of drug-likeness (QED) is 0.712. The molecular weight excluding hydrogens is 192 g/mol. The van der Waals surface area contributed by atoms with E-state index < -0.39 is 0 Å². The van der Waals surface area contributed by atoms with E-state index >= 15 is 0 Å². The van der Waals surface area contributed by atoms with E-state index in [1.54, 1.807) is 6.08 Å². The van der Waals surface area contributed by atoms with Gasteiger partial charge in [-0.1, -0.05) is 13.0 Å². The molecule has 1 aliphatic rings. The Balaban J connectivity index is 2.17. The first kappa shape index (κ1) is 11.9. The van der Waals surface area contributed by atoms with Crippen molar-refractivity contribution in [3.8, 4) is 0 Å². The van der Waals surface area contributed by atoms with E-state index in [2.05, 4.69) is 5.32 Å². The highest BCUT2D eigenvalue weighted by atomic mass is 16.1. The van der Waals surface area contributed by atoms with Crippen LogP contribution in [0.4, 0.5) is 0 Å². The fraction of sp³-hybridized carbons (Fsp3) is 0.636. The summed E-state index contributed by atoms with van der Waals surface area (Å²) in [5, 5.41) is 2.81. The topological polar surface area (TPSA) is 49.4 Å². The van der Waals surface area contributed by atoms with E-state index in [4.69, 9.17) is 0 Å². The largest absolute Gasteiger partial charge is 0.356 e. The zero-order valence-corrected chi connectivity index (χ0v) is 9.16. The molecule has 0 saturated carbocycles. The lowest BCUT2D eigenvalue weighted by molar-refractivity contribution is -0.122. The number of hydrogen-bond acceptors (Lipinski definition) is 3. The zero-order chi connectivity index (χ0) is 11.1. The third-order valence-corrected chi connectivity index (χ3v) is 2.27. The highest BCUT2D eigenvalue weighted by Gasteiger charge is 2.12. The van der Waals surface area contributed by atoms with Gasteiger partial charge in [-0.25, -0.2) is 0 Å². The van der Waals surface area contributed by atoms with Crippen LogP contribution in [0.15, 0.2) is 12.2 Å². The Hall–Kier alpha value is -1.16. The molecule has 0 atom stereocenters. The highest BCUT2D eigenvalue weighted by molar-refractivity contribution is 5.92. The van der Waals surface area contributed by atoms with Crippen LogP contribution >= 0.6 is 0 Å². The summed E-state index contributed by atoms with van der Waals surface area (Å²) in [5.74, 6) is 0.189. The molecule has 0 aliphatic carbocycles. The maximum atomic E-state index is 11.3. The third kappa shape index (κ3) is 4.74. The smallest absolute Gasteiger partial charge is 0.221 e. The van der Waals surface area contributed by atoms with Crippen molar-refractivity contribution in [1.29, 1.82) is 0 Å². The van der Waals surface area contributed by atoms with Crippen molar-refractivity contribution in [2.75, 3.05) is 26.2 Å². The van der Waals surface area contributed by atoms with Gasteiger partial charge in [0.05, 0.1) is 6.54 Å². The molecule has 1 amide bonds. The van der Waals surface area contributed by atoms with Crippen LogP contribution in [0.2, 0.25) is 0 Å². The van der Waals surface area contributed by atoms with E-state index in [0.29, 0.717) is 19.5 Å².